The Morgan fingerprint density at radius 1 is 1.90 bits per heavy atom. The first-order valence-corrected chi connectivity index (χ1v) is 2.89. The largest absolute Gasteiger partial charge is 0.481 e. The zero-order chi connectivity index (χ0) is 7.56. The minimum atomic E-state index is -0.906. The molecule has 10 heavy (non-hydrogen) atoms. The van der Waals surface area contributed by atoms with Crippen LogP contribution in [0.2, 0.25) is 0 Å². The van der Waals surface area contributed by atoms with E-state index in [1.807, 2.05) is 0 Å². The Labute approximate surface area is 58.1 Å². The van der Waals surface area contributed by atoms with Gasteiger partial charge in [0.2, 0.25) is 6.79 Å². The molecule has 1 aliphatic rings. The fourth-order valence-corrected chi connectivity index (χ4v) is 0.601. The predicted molar refractivity (Wildman–Crippen MR) is 31.9 cm³/mol. The SMILES string of the molecule is CC(C(=O)O)C1=COCO1. The molecule has 0 spiro atoms. The summed E-state index contributed by atoms with van der Waals surface area (Å²) < 4.78 is 9.51. The van der Waals surface area contributed by atoms with Crippen LogP contribution in [0.5, 0.6) is 0 Å². The summed E-state index contributed by atoms with van der Waals surface area (Å²) in [6, 6.07) is 0. The molecule has 0 aromatic rings. The molecular weight excluding hydrogens is 136 g/mol. The Hall–Kier alpha value is -1.19. The Balaban J connectivity index is 2.55. The van der Waals surface area contributed by atoms with Crippen molar-refractivity contribution >= 4 is 5.97 Å². The van der Waals surface area contributed by atoms with Crippen molar-refractivity contribution < 1.29 is 19.4 Å². The average molecular weight is 144 g/mol. The molecule has 0 amide bonds. The van der Waals surface area contributed by atoms with Crippen LogP contribution in [0.4, 0.5) is 0 Å². The second kappa shape index (κ2) is 2.60. The molecule has 4 nitrogen and oxygen atoms in total. The summed E-state index contributed by atoms with van der Waals surface area (Å²) in [4.78, 5) is 10.3. The minimum absolute atomic E-state index is 0.132. The van der Waals surface area contributed by atoms with E-state index in [2.05, 4.69) is 4.74 Å². The van der Waals surface area contributed by atoms with E-state index in [-0.39, 0.29) is 6.79 Å². The van der Waals surface area contributed by atoms with Crippen LogP contribution in [0.25, 0.3) is 0 Å². The fourth-order valence-electron chi connectivity index (χ4n) is 0.601. The lowest BCUT2D eigenvalue weighted by molar-refractivity contribution is -0.141. The van der Waals surface area contributed by atoms with Gasteiger partial charge in [0, 0.05) is 0 Å². The van der Waals surface area contributed by atoms with Gasteiger partial charge in [0.25, 0.3) is 0 Å². The molecule has 0 aliphatic carbocycles. The molecule has 56 valence electrons. The lowest BCUT2D eigenvalue weighted by Crippen LogP contribution is -2.12. The highest BCUT2D eigenvalue weighted by atomic mass is 16.7. The van der Waals surface area contributed by atoms with Gasteiger partial charge in [0.05, 0.1) is 0 Å². The molecule has 1 aliphatic heterocycles. The maximum Gasteiger partial charge on any atom is 0.314 e. The number of hydrogen-bond acceptors (Lipinski definition) is 3. The summed E-state index contributed by atoms with van der Waals surface area (Å²) in [6.45, 7) is 1.68. The molecule has 0 radical (unpaired) electrons. The van der Waals surface area contributed by atoms with E-state index < -0.39 is 11.9 Å². The van der Waals surface area contributed by atoms with Gasteiger partial charge in [-0.25, -0.2) is 0 Å². The van der Waals surface area contributed by atoms with Crippen molar-refractivity contribution in [3.8, 4) is 0 Å². The number of carboxylic acid groups (broad SMARTS) is 1. The second-order valence-electron chi connectivity index (χ2n) is 2.01. The highest BCUT2D eigenvalue weighted by Gasteiger charge is 2.21. The third-order valence-electron chi connectivity index (χ3n) is 1.29. The van der Waals surface area contributed by atoms with Gasteiger partial charge in [0.1, 0.15) is 17.9 Å². The standard InChI is InChI=1S/C6H8O4/c1-4(6(7)8)5-2-9-3-10-5/h2,4H,3H2,1H3,(H,7,8). The van der Waals surface area contributed by atoms with Crippen LogP contribution >= 0.6 is 0 Å². The number of aliphatic carboxylic acids is 1. The first kappa shape index (κ1) is 6.92. The van der Waals surface area contributed by atoms with Crippen LogP contribution in [-0.4, -0.2) is 17.9 Å². The molecular formula is C6H8O4. The van der Waals surface area contributed by atoms with Crippen molar-refractivity contribution in [1.29, 1.82) is 0 Å². The quantitative estimate of drug-likeness (QED) is 0.615. The molecule has 1 rings (SSSR count). The fraction of sp³-hybridized carbons (Fsp3) is 0.500. The minimum Gasteiger partial charge on any atom is -0.481 e. The zero-order valence-corrected chi connectivity index (χ0v) is 5.53. The van der Waals surface area contributed by atoms with E-state index in [0.717, 1.165) is 0 Å². The smallest absolute Gasteiger partial charge is 0.314 e. The number of carbonyl (C=O) groups is 1. The molecule has 0 saturated carbocycles. The van der Waals surface area contributed by atoms with Crippen LogP contribution in [0.15, 0.2) is 12.0 Å². The van der Waals surface area contributed by atoms with Gasteiger partial charge >= 0.3 is 5.97 Å². The highest BCUT2D eigenvalue weighted by Crippen LogP contribution is 2.16. The molecule has 0 saturated heterocycles. The Morgan fingerprint density at radius 2 is 2.60 bits per heavy atom. The van der Waals surface area contributed by atoms with Crippen molar-refractivity contribution in [2.45, 2.75) is 6.92 Å². The van der Waals surface area contributed by atoms with Crippen LogP contribution in [0, 0.1) is 5.92 Å². The number of carboxylic acids is 1. The van der Waals surface area contributed by atoms with Gasteiger partial charge in [-0.2, -0.15) is 0 Å². The predicted octanol–water partition coefficient (Wildman–Crippen LogP) is 0.553. The van der Waals surface area contributed by atoms with Gasteiger partial charge in [0.15, 0.2) is 0 Å². The third-order valence-corrected chi connectivity index (χ3v) is 1.29. The molecule has 0 fully saturated rings. The maximum atomic E-state index is 10.3. The van der Waals surface area contributed by atoms with Crippen molar-refractivity contribution in [3.05, 3.63) is 12.0 Å². The molecule has 1 heterocycles. The zero-order valence-electron chi connectivity index (χ0n) is 5.53. The first-order valence-electron chi connectivity index (χ1n) is 2.89. The number of ether oxygens (including phenoxy) is 2. The topological polar surface area (TPSA) is 55.8 Å². The van der Waals surface area contributed by atoms with E-state index in [4.69, 9.17) is 9.84 Å². The highest BCUT2D eigenvalue weighted by molar-refractivity contribution is 5.72. The van der Waals surface area contributed by atoms with Crippen molar-refractivity contribution in [2.75, 3.05) is 6.79 Å². The van der Waals surface area contributed by atoms with Crippen LogP contribution in [-0.2, 0) is 14.3 Å². The monoisotopic (exact) mass is 144 g/mol. The maximum absolute atomic E-state index is 10.3. The average Bonchev–Trinajstić information content (AvgIpc) is 2.36. The molecule has 1 atom stereocenters. The van der Waals surface area contributed by atoms with Crippen molar-refractivity contribution in [3.63, 3.8) is 0 Å². The summed E-state index contributed by atoms with van der Waals surface area (Å²) in [5.41, 5.74) is 0. The summed E-state index contributed by atoms with van der Waals surface area (Å²) in [6.07, 6.45) is 1.33. The molecule has 0 bridgehead atoms. The van der Waals surface area contributed by atoms with E-state index in [0.29, 0.717) is 5.76 Å². The van der Waals surface area contributed by atoms with Gasteiger partial charge in [-0.1, -0.05) is 0 Å². The van der Waals surface area contributed by atoms with Crippen molar-refractivity contribution in [1.82, 2.24) is 0 Å². The Morgan fingerprint density at radius 3 is 3.00 bits per heavy atom. The van der Waals surface area contributed by atoms with E-state index >= 15 is 0 Å². The molecule has 1 N–H and O–H groups in total. The van der Waals surface area contributed by atoms with Gasteiger partial charge in [-0.05, 0) is 6.92 Å². The summed E-state index contributed by atoms with van der Waals surface area (Å²) in [5.74, 6) is -1.13. The number of hydrogen-bond donors (Lipinski definition) is 1. The summed E-state index contributed by atoms with van der Waals surface area (Å²) in [7, 11) is 0. The molecule has 0 aromatic heterocycles. The first-order chi connectivity index (χ1) is 4.72. The lowest BCUT2D eigenvalue weighted by atomic mass is 10.1. The van der Waals surface area contributed by atoms with E-state index in [9.17, 15) is 4.79 Å². The lowest BCUT2D eigenvalue weighted by Gasteiger charge is -2.03. The van der Waals surface area contributed by atoms with E-state index in [1.54, 1.807) is 6.92 Å². The van der Waals surface area contributed by atoms with Crippen LogP contribution < -0.4 is 0 Å². The van der Waals surface area contributed by atoms with Crippen LogP contribution in [0.1, 0.15) is 6.92 Å². The second-order valence-corrected chi connectivity index (χ2v) is 2.01. The van der Waals surface area contributed by atoms with Gasteiger partial charge in [-0.3, -0.25) is 4.79 Å². The summed E-state index contributed by atoms with van der Waals surface area (Å²) in [5, 5.41) is 8.47. The van der Waals surface area contributed by atoms with Gasteiger partial charge in [-0.15, -0.1) is 0 Å². The normalized spacial score (nSPS) is 18.7. The van der Waals surface area contributed by atoms with Crippen molar-refractivity contribution in [2.24, 2.45) is 5.92 Å². The van der Waals surface area contributed by atoms with Crippen LogP contribution in [0.3, 0.4) is 0 Å². The molecule has 1 unspecified atom stereocenters. The van der Waals surface area contributed by atoms with E-state index in [1.165, 1.54) is 6.26 Å². The van der Waals surface area contributed by atoms with Gasteiger partial charge < -0.3 is 14.6 Å². The Kier molecular flexibility index (Phi) is 1.80. The number of rotatable bonds is 2. The molecule has 0 aromatic carbocycles. The third kappa shape index (κ3) is 1.21. The Bertz CT molecular complexity index is 173. The summed E-state index contributed by atoms with van der Waals surface area (Å²) >= 11 is 0. The molecule has 4 heteroatoms.